The molecule has 2 aromatic rings. The minimum atomic E-state index is -4.45. The molecule has 0 saturated carbocycles. The van der Waals surface area contributed by atoms with Gasteiger partial charge in [0.2, 0.25) is 5.91 Å². The molecule has 1 heterocycles. The molecule has 1 N–H and O–H groups in total. The van der Waals surface area contributed by atoms with Crippen molar-refractivity contribution in [2.24, 2.45) is 0 Å². The van der Waals surface area contributed by atoms with Gasteiger partial charge < -0.3 is 10.2 Å². The summed E-state index contributed by atoms with van der Waals surface area (Å²) in [6.45, 7) is 1.57. The van der Waals surface area contributed by atoms with Crippen LogP contribution in [0.5, 0.6) is 0 Å². The van der Waals surface area contributed by atoms with Crippen molar-refractivity contribution >= 4 is 23.4 Å². The molecule has 1 fully saturated rings. The van der Waals surface area contributed by atoms with Crippen LogP contribution in [0, 0.1) is 5.82 Å². The molecular weight excluding hydrogens is 360 g/mol. The summed E-state index contributed by atoms with van der Waals surface area (Å²) in [6.07, 6.45) is -0.0980. The molecule has 1 aliphatic rings. The van der Waals surface area contributed by atoms with Crippen LogP contribution in [0.3, 0.4) is 0 Å². The van der Waals surface area contributed by atoms with Crippen LogP contribution < -0.4 is 10.2 Å². The van der Waals surface area contributed by atoms with Gasteiger partial charge in [-0.3, -0.25) is 4.79 Å². The first kappa shape index (κ1) is 18.9. The number of anilines is 2. The van der Waals surface area contributed by atoms with E-state index in [4.69, 9.17) is 0 Å². The molecule has 7 heteroatoms. The Morgan fingerprint density at radius 3 is 2.48 bits per heavy atom. The highest BCUT2D eigenvalue weighted by Crippen LogP contribution is 2.32. The van der Waals surface area contributed by atoms with Gasteiger partial charge in [-0.2, -0.15) is 13.2 Å². The van der Waals surface area contributed by atoms with Gasteiger partial charge in [0, 0.05) is 19.2 Å². The molecule has 0 aromatic heterocycles. The van der Waals surface area contributed by atoms with E-state index >= 15 is 0 Å². The van der Waals surface area contributed by atoms with Gasteiger partial charge in [0.05, 0.1) is 11.3 Å². The largest absolute Gasteiger partial charge is 0.416 e. The SMILES string of the molecule is O=C(/C=C/c1cccc(C(F)(F)F)c1)Nc1c(F)cccc1N1CCCC1. The second-order valence-electron chi connectivity index (χ2n) is 6.27. The number of carbonyl (C=O) groups excluding carboxylic acids is 1. The van der Waals surface area contributed by atoms with Gasteiger partial charge in [-0.1, -0.05) is 18.2 Å². The molecule has 3 nitrogen and oxygen atoms in total. The highest BCUT2D eigenvalue weighted by molar-refractivity contribution is 6.04. The van der Waals surface area contributed by atoms with Crippen molar-refractivity contribution in [1.82, 2.24) is 0 Å². The molecule has 0 bridgehead atoms. The molecule has 0 unspecified atom stereocenters. The quantitative estimate of drug-likeness (QED) is 0.593. The monoisotopic (exact) mass is 378 g/mol. The topological polar surface area (TPSA) is 32.3 Å². The number of hydrogen-bond donors (Lipinski definition) is 1. The molecule has 0 atom stereocenters. The minimum absolute atomic E-state index is 0.0816. The third-order valence-electron chi connectivity index (χ3n) is 4.33. The Kier molecular flexibility index (Phi) is 5.48. The first-order chi connectivity index (χ1) is 12.8. The Morgan fingerprint density at radius 2 is 1.78 bits per heavy atom. The number of halogens is 4. The predicted octanol–water partition coefficient (Wildman–Crippen LogP) is 5.10. The number of nitrogens with one attached hydrogen (secondary N) is 1. The maximum Gasteiger partial charge on any atom is 0.416 e. The van der Waals surface area contributed by atoms with E-state index in [1.165, 1.54) is 24.3 Å². The van der Waals surface area contributed by atoms with Gasteiger partial charge in [-0.05, 0) is 48.7 Å². The zero-order valence-corrected chi connectivity index (χ0v) is 14.4. The van der Waals surface area contributed by atoms with Crippen LogP contribution in [0.15, 0.2) is 48.5 Å². The Balaban J connectivity index is 1.76. The van der Waals surface area contributed by atoms with E-state index < -0.39 is 23.5 Å². The van der Waals surface area contributed by atoms with Crippen LogP contribution in [0.4, 0.5) is 28.9 Å². The van der Waals surface area contributed by atoms with Gasteiger partial charge in [-0.25, -0.2) is 4.39 Å². The summed E-state index contributed by atoms with van der Waals surface area (Å²) in [6, 6.07) is 9.20. The number of rotatable bonds is 4. The number of amides is 1. The van der Waals surface area contributed by atoms with E-state index in [9.17, 15) is 22.4 Å². The molecule has 1 aliphatic heterocycles. The second kappa shape index (κ2) is 7.82. The van der Waals surface area contributed by atoms with Crippen LogP contribution in [0.1, 0.15) is 24.0 Å². The van der Waals surface area contributed by atoms with Crippen LogP contribution >= 0.6 is 0 Å². The lowest BCUT2D eigenvalue weighted by Crippen LogP contribution is -2.21. The number of alkyl halides is 3. The highest BCUT2D eigenvalue weighted by Gasteiger charge is 2.30. The number of benzene rings is 2. The summed E-state index contributed by atoms with van der Waals surface area (Å²) in [7, 11) is 0. The van der Waals surface area contributed by atoms with E-state index in [-0.39, 0.29) is 11.3 Å². The molecular formula is C20H18F4N2O. The summed E-state index contributed by atoms with van der Waals surface area (Å²) >= 11 is 0. The van der Waals surface area contributed by atoms with Crippen molar-refractivity contribution in [2.75, 3.05) is 23.3 Å². The van der Waals surface area contributed by atoms with Gasteiger partial charge in [-0.15, -0.1) is 0 Å². The normalized spacial score (nSPS) is 14.7. The fourth-order valence-electron chi connectivity index (χ4n) is 3.01. The standard InChI is InChI=1S/C20H18F4N2O/c21-16-7-4-8-17(26-11-1-2-12-26)19(16)25-18(27)10-9-14-5-3-6-15(13-14)20(22,23)24/h3-10,13H,1-2,11-12H2,(H,25,27)/b10-9+. The van der Waals surface area contributed by atoms with Crippen molar-refractivity contribution in [3.8, 4) is 0 Å². The molecule has 0 aliphatic carbocycles. The molecule has 0 spiro atoms. The van der Waals surface area contributed by atoms with E-state index in [1.54, 1.807) is 12.1 Å². The number of carbonyl (C=O) groups is 1. The van der Waals surface area contributed by atoms with Crippen molar-refractivity contribution in [1.29, 1.82) is 0 Å². The smallest absolute Gasteiger partial charge is 0.370 e. The lowest BCUT2D eigenvalue weighted by molar-refractivity contribution is -0.137. The fraction of sp³-hybridized carbons (Fsp3) is 0.250. The van der Waals surface area contributed by atoms with Crippen molar-refractivity contribution in [3.05, 3.63) is 65.5 Å². The summed E-state index contributed by atoms with van der Waals surface area (Å²) in [5, 5.41) is 2.51. The minimum Gasteiger partial charge on any atom is -0.370 e. The van der Waals surface area contributed by atoms with Gasteiger partial charge in [0.25, 0.3) is 0 Å². The van der Waals surface area contributed by atoms with E-state index in [0.29, 0.717) is 5.69 Å². The van der Waals surface area contributed by atoms with E-state index in [0.717, 1.165) is 44.1 Å². The average Bonchev–Trinajstić information content (AvgIpc) is 3.16. The van der Waals surface area contributed by atoms with Crippen molar-refractivity contribution in [3.63, 3.8) is 0 Å². The maximum absolute atomic E-state index is 14.2. The summed E-state index contributed by atoms with van der Waals surface area (Å²) < 4.78 is 52.4. The van der Waals surface area contributed by atoms with Gasteiger partial charge in [0.15, 0.2) is 0 Å². The zero-order valence-electron chi connectivity index (χ0n) is 14.4. The molecule has 27 heavy (non-hydrogen) atoms. The van der Waals surface area contributed by atoms with E-state index in [1.807, 2.05) is 4.90 Å². The second-order valence-corrected chi connectivity index (χ2v) is 6.27. The molecule has 2 aromatic carbocycles. The Morgan fingerprint density at radius 1 is 1.07 bits per heavy atom. The number of para-hydroxylation sites is 1. The molecule has 142 valence electrons. The lowest BCUT2D eigenvalue weighted by Gasteiger charge is -2.21. The fourth-order valence-corrected chi connectivity index (χ4v) is 3.01. The molecule has 1 saturated heterocycles. The van der Waals surface area contributed by atoms with Crippen LogP contribution in [-0.4, -0.2) is 19.0 Å². The lowest BCUT2D eigenvalue weighted by atomic mass is 10.1. The maximum atomic E-state index is 14.2. The van der Waals surface area contributed by atoms with Crippen molar-refractivity contribution in [2.45, 2.75) is 19.0 Å². The van der Waals surface area contributed by atoms with Crippen LogP contribution in [-0.2, 0) is 11.0 Å². The van der Waals surface area contributed by atoms with Crippen LogP contribution in [0.2, 0.25) is 0 Å². The highest BCUT2D eigenvalue weighted by atomic mass is 19.4. The number of hydrogen-bond acceptors (Lipinski definition) is 2. The van der Waals surface area contributed by atoms with Crippen LogP contribution in [0.25, 0.3) is 6.08 Å². The Labute approximate surface area is 154 Å². The summed E-state index contributed by atoms with van der Waals surface area (Å²) in [5.41, 5.74) is 0.121. The Hall–Kier alpha value is -2.83. The van der Waals surface area contributed by atoms with Crippen molar-refractivity contribution < 1.29 is 22.4 Å². The number of nitrogens with zero attached hydrogens (tertiary/aromatic N) is 1. The zero-order chi connectivity index (χ0) is 19.4. The average molecular weight is 378 g/mol. The third-order valence-corrected chi connectivity index (χ3v) is 4.33. The summed E-state index contributed by atoms with van der Waals surface area (Å²) in [4.78, 5) is 14.2. The first-order valence-electron chi connectivity index (χ1n) is 8.54. The Bertz CT molecular complexity index is 855. The molecule has 3 rings (SSSR count). The predicted molar refractivity (Wildman–Crippen MR) is 97.0 cm³/mol. The van der Waals surface area contributed by atoms with Gasteiger partial charge >= 0.3 is 6.18 Å². The van der Waals surface area contributed by atoms with Gasteiger partial charge in [0.1, 0.15) is 11.5 Å². The molecule has 1 amide bonds. The van der Waals surface area contributed by atoms with E-state index in [2.05, 4.69) is 5.32 Å². The third kappa shape index (κ3) is 4.67. The molecule has 0 radical (unpaired) electrons. The summed E-state index contributed by atoms with van der Waals surface area (Å²) in [5.74, 6) is -1.17. The first-order valence-corrected chi connectivity index (χ1v) is 8.54.